The fourth-order valence-corrected chi connectivity index (χ4v) is 3.71. The molecule has 0 bridgehead atoms. The number of amides is 1. The number of carbonyl (C=O) groups is 1. The minimum absolute atomic E-state index is 0.0298. The van der Waals surface area contributed by atoms with Gasteiger partial charge in [0.15, 0.2) is 5.13 Å². The first-order chi connectivity index (χ1) is 13.2. The summed E-state index contributed by atoms with van der Waals surface area (Å²) in [6, 6.07) is 9.72. The molecule has 0 unspecified atom stereocenters. The van der Waals surface area contributed by atoms with Gasteiger partial charge in [0, 0.05) is 16.9 Å². The minimum atomic E-state index is -0.0298. The number of aromatic nitrogens is 5. The summed E-state index contributed by atoms with van der Waals surface area (Å²) < 4.78 is 0. The second-order valence-corrected chi connectivity index (χ2v) is 7.30. The molecule has 0 fully saturated rings. The first-order valence-corrected chi connectivity index (χ1v) is 10.1. The highest BCUT2D eigenvalue weighted by molar-refractivity contribution is 7.15. The Balaban J connectivity index is 1.48. The Morgan fingerprint density at radius 2 is 2.04 bits per heavy atom. The average Bonchev–Trinajstić information content (AvgIpc) is 3.30. The van der Waals surface area contributed by atoms with E-state index >= 15 is 0 Å². The van der Waals surface area contributed by atoms with Gasteiger partial charge in [0.25, 0.3) is 0 Å². The van der Waals surface area contributed by atoms with Crippen molar-refractivity contribution in [2.45, 2.75) is 52.5 Å². The van der Waals surface area contributed by atoms with Crippen LogP contribution in [0.4, 0.5) is 5.13 Å². The number of hydrogen-bond donors (Lipinski definition) is 1. The van der Waals surface area contributed by atoms with Gasteiger partial charge in [-0.3, -0.25) is 4.79 Å². The van der Waals surface area contributed by atoms with Crippen molar-refractivity contribution in [1.29, 1.82) is 0 Å². The fourth-order valence-electron chi connectivity index (χ4n) is 2.75. The molecule has 2 heterocycles. The molecule has 8 heteroatoms. The second kappa shape index (κ2) is 9.36. The van der Waals surface area contributed by atoms with E-state index in [0.717, 1.165) is 30.5 Å². The van der Waals surface area contributed by atoms with Crippen molar-refractivity contribution < 1.29 is 4.79 Å². The van der Waals surface area contributed by atoms with Gasteiger partial charge in [0.2, 0.25) is 11.7 Å². The first-order valence-electron chi connectivity index (χ1n) is 9.31. The number of aryl methyl sites for hydroxylation is 3. The molecule has 1 aromatic carbocycles. The molecule has 0 radical (unpaired) electrons. The van der Waals surface area contributed by atoms with Crippen LogP contribution in [-0.2, 0) is 24.2 Å². The first kappa shape index (κ1) is 19.2. The monoisotopic (exact) mass is 384 g/mol. The molecule has 0 atom stereocenters. The summed E-state index contributed by atoms with van der Waals surface area (Å²) in [6.45, 7) is 4.80. The van der Waals surface area contributed by atoms with Crippen LogP contribution in [0, 0.1) is 0 Å². The normalized spacial score (nSPS) is 10.9. The number of anilines is 1. The van der Waals surface area contributed by atoms with E-state index in [1.165, 1.54) is 9.67 Å². The van der Waals surface area contributed by atoms with Crippen molar-refractivity contribution in [1.82, 2.24) is 25.2 Å². The molecule has 0 aliphatic rings. The molecule has 27 heavy (non-hydrogen) atoms. The molecule has 142 valence electrons. The maximum atomic E-state index is 12.2. The van der Waals surface area contributed by atoms with E-state index in [1.54, 1.807) is 11.3 Å². The van der Waals surface area contributed by atoms with E-state index in [2.05, 4.69) is 39.6 Å². The number of thiazole rings is 1. The van der Waals surface area contributed by atoms with Crippen LogP contribution in [0.25, 0.3) is 11.4 Å². The third kappa shape index (κ3) is 5.19. The van der Waals surface area contributed by atoms with E-state index in [1.807, 2.05) is 30.3 Å². The zero-order valence-electron chi connectivity index (χ0n) is 15.7. The third-order valence-corrected chi connectivity index (χ3v) is 5.24. The number of nitrogens with one attached hydrogen (secondary N) is 1. The second-order valence-electron chi connectivity index (χ2n) is 6.22. The van der Waals surface area contributed by atoms with E-state index in [0.29, 0.717) is 30.3 Å². The molecule has 0 spiro atoms. The number of nitrogens with zero attached hydrogens (tertiary/aromatic N) is 5. The van der Waals surface area contributed by atoms with E-state index in [4.69, 9.17) is 0 Å². The van der Waals surface area contributed by atoms with Crippen molar-refractivity contribution in [3.8, 4) is 11.4 Å². The predicted molar refractivity (Wildman–Crippen MR) is 107 cm³/mol. The van der Waals surface area contributed by atoms with Crippen LogP contribution in [-0.4, -0.2) is 31.1 Å². The van der Waals surface area contributed by atoms with Crippen molar-refractivity contribution in [3.63, 3.8) is 0 Å². The van der Waals surface area contributed by atoms with Crippen LogP contribution in [0.5, 0.6) is 0 Å². The Hall–Kier alpha value is -2.61. The standard InChI is InChI=1S/C19H24N6OS/c1-3-9-15-16(4-2)27-19(20-15)21-17(26)12-8-13-25-23-18(22-24-25)14-10-6-5-7-11-14/h5-7,10-11H,3-4,8-9,12-13H2,1-2H3,(H,20,21,26). The highest BCUT2D eigenvalue weighted by Gasteiger charge is 2.12. The molecule has 0 saturated carbocycles. The Labute approximate surface area is 162 Å². The van der Waals surface area contributed by atoms with Gasteiger partial charge in [-0.05, 0) is 24.5 Å². The number of rotatable bonds is 9. The fraction of sp³-hybridized carbons (Fsp3) is 0.421. The SMILES string of the molecule is CCCc1nc(NC(=O)CCCn2nnc(-c3ccccc3)n2)sc1CC. The number of benzene rings is 1. The Morgan fingerprint density at radius 1 is 1.22 bits per heavy atom. The summed E-state index contributed by atoms with van der Waals surface area (Å²) in [5.41, 5.74) is 2.04. The molecule has 2 aromatic heterocycles. The summed E-state index contributed by atoms with van der Waals surface area (Å²) in [5.74, 6) is 0.566. The quantitative estimate of drug-likeness (QED) is 0.607. The van der Waals surface area contributed by atoms with Crippen LogP contribution in [0.15, 0.2) is 30.3 Å². The van der Waals surface area contributed by atoms with Crippen LogP contribution in [0.3, 0.4) is 0 Å². The maximum absolute atomic E-state index is 12.2. The van der Waals surface area contributed by atoms with Crippen molar-refractivity contribution in [3.05, 3.63) is 40.9 Å². The molecule has 0 saturated heterocycles. The molecule has 0 aliphatic heterocycles. The Kier molecular flexibility index (Phi) is 6.64. The van der Waals surface area contributed by atoms with Crippen molar-refractivity contribution in [2.24, 2.45) is 0 Å². The van der Waals surface area contributed by atoms with Crippen LogP contribution >= 0.6 is 11.3 Å². The third-order valence-electron chi connectivity index (χ3n) is 4.08. The topological polar surface area (TPSA) is 85.6 Å². The molecule has 7 nitrogen and oxygen atoms in total. The lowest BCUT2D eigenvalue weighted by atomic mass is 10.2. The Morgan fingerprint density at radius 3 is 2.78 bits per heavy atom. The van der Waals surface area contributed by atoms with Crippen LogP contribution in [0.2, 0.25) is 0 Å². The molecule has 3 rings (SSSR count). The smallest absolute Gasteiger partial charge is 0.226 e. The molecule has 1 amide bonds. The largest absolute Gasteiger partial charge is 0.302 e. The number of tetrazole rings is 1. The zero-order valence-corrected chi connectivity index (χ0v) is 16.5. The van der Waals surface area contributed by atoms with Gasteiger partial charge < -0.3 is 5.32 Å². The lowest BCUT2D eigenvalue weighted by molar-refractivity contribution is -0.116. The van der Waals surface area contributed by atoms with Gasteiger partial charge in [-0.2, -0.15) is 4.80 Å². The molecular weight excluding hydrogens is 360 g/mol. The summed E-state index contributed by atoms with van der Waals surface area (Å²) >= 11 is 1.58. The predicted octanol–water partition coefficient (Wildman–Crippen LogP) is 3.73. The summed E-state index contributed by atoms with van der Waals surface area (Å²) in [6.07, 6.45) is 4.00. The molecule has 3 aromatic rings. The highest BCUT2D eigenvalue weighted by atomic mass is 32.1. The van der Waals surface area contributed by atoms with Gasteiger partial charge in [0.05, 0.1) is 12.2 Å². The van der Waals surface area contributed by atoms with E-state index < -0.39 is 0 Å². The van der Waals surface area contributed by atoms with E-state index in [9.17, 15) is 4.79 Å². The van der Waals surface area contributed by atoms with Crippen LogP contribution < -0.4 is 5.32 Å². The van der Waals surface area contributed by atoms with Gasteiger partial charge in [-0.15, -0.1) is 21.5 Å². The zero-order chi connectivity index (χ0) is 19.1. The van der Waals surface area contributed by atoms with Crippen molar-refractivity contribution >= 4 is 22.4 Å². The van der Waals surface area contributed by atoms with Gasteiger partial charge in [-0.1, -0.05) is 50.6 Å². The summed E-state index contributed by atoms with van der Waals surface area (Å²) in [4.78, 5) is 19.5. The minimum Gasteiger partial charge on any atom is -0.302 e. The molecule has 0 aliphatic carbocycles. The summed E-state index contributed by atoms with van der Waals surface area (Å²) in [5, 5.41) is 16.1. The Bertz CT molecular complexity index is 873. The molecule has 1 N–H and O–H groups in total. The number of hydrogen-bond acceptors (Lipinski definition) is 6. The highest BCUT2D eigenvalue weighted by Crippen LogP contribution is 2.24. The average molecular weight is 385 g/mol. The lowest BCUT2D eigenvalue weighted by Gasteiger charge is -2.01. The lowest BCUT2D eigenvalue weighted by Crippen LogP contribution is -2.13. The number of carbonyl (C=O) groups excluding carboxylic acids is 1. The van der Waals surface area contributed by atoms with Gasteiger partial charge in [-0.25, -0.2) is 4.98 Å². The van der Waals surface area contributed by atoms with Crippen LogP contribution in [0.1, 0.15) is 43.7 Å². The van der Waals surface area contributed by atoms with Gasteiger partial charge in [0.1, 0.15) is 0 Å². The molecular formula is C19H24N6OS. The van der Waals surface area contributed by atoms with E-state index in [-0.39, 0.29) is 5.91 Å². The maximum Gasteiger partial charge on any atom is 0.226 e. The van der Waals surface area contributed by atoms with Gasteiger partial charge >= 0.3 is 0 Å². The van der Waals surface area contributed by atoms with Crippen molar-refractivity contribution in [2.75, 3.05) is 5.32 Å². The summed E-state index contributed by atoms with van der Waals surface area (Å²) in [7, 11) is 0.